The number of Topliss-reactive ketones (excluding diaryl/α,β-unsaturated/α-hetero) is 1. The van der Waals surface area contributed by atoms with Crippen molar-refractivity contribution in [1.29, 1.82) is 0 Å². The van der Waals surface area contributed by atoms with Crippen LogP contribution in [0.2, 0.25) is 5.02 Å². The number of hydrogen-bond donors (Lipinski definition) is 1. The van der Waals surface area contributed by atoms with Crippen LogP contribution in [0.4, 0.5) is 4.39 Å². The van der Waals surface area contributed by atoms with E-state index in [2.05, 4.69) is 6.58 Å². The number of aliphatic hydroxyl groups is 1. The van der Waals surface area contributed by atoms with Crippen LogP contribution in [0.1, 0.15) is 24.1 Å². The van der Waals surface area contributed by atoms with E-state index in [9.17, 15) is 19.1 Å². The van der Waals surface area contributed by atoms with Gasteiger partial charge < -0.3 is 14.7 Å². The number of aliphatic hydroxyl groups excluding tert-OH is 1. The monoisotopic (exact) mass is 415 g/mol. The van der Waals surface area contributed by atoms with Crippen LogP contribution in [0.3, 0.4) is 0 Å². The number of likely N-dealkylation sites (tertiary alicyclic amines) is 1. The molecule has 3 rings (SSSR count). The molecule has 150 valence electrons. The number of carbonyl (C=O) groups excluding carboxylic acids is 2. The molecule has 0 aromatic heterocycles. The average molecular weight is 416 g/mol. The lowest BCUT2D eigenvalue weighted by molar-refractivity contribution is -0.139. The van der Waals surface area contributed by atoms with Crippen LogP contribution in [-0.4, -0.2) is 34.8 Å². The number of halogens is 2. The van der Waals surface area contributed by atoms with Crippen molar-refractivity contribution in [1.82, 2.24) is 4.90 Å². The molecule has 0 spiro atoms. The summed E-state index contributed by atoms with van der Waals surface area (Å²) in [6.07, 6.45) is 1.48. The summed E-state index contributed by atoms with van der Waals surface area (Å²) in [5.74, 6) is -1.98. The normalized spacial score (nSPS) is 18.2. The number of rotatable bonds is 6. The SMILES string of the molecule is C=CCN1C(=O)C(=O)/C(=C(\O)c2ccc(OCC)c(Cl)c2)C1c1ccc(F)cc1. The summed E-state index contributed by atoms with van der Waals surface area (Å²) in [6.45, 7) is 5.94. The predicted octanol–water partition coefficient (Wildman–Crippen LogP) is 4.49. The summed E-state index contributed by atoms with van der Waals surface area (Å²) < 4.78 is 18.8. The van der Waals surface area contributed by atoms with Crippen molar-refractivity contribution in [3.63, 3.8) is 0 Å². The lowest BCUT2D eigenvalue weighted by Crippen LogP contribution is -2.29. The number of carbonyl (C=O) groups is 2. The maximum absolute atomic E-state index is 13.4. The molecule has 0 radical (unpaired) electrons. The summed E-state index contributed by atoms with van der Waals surface area (Å²) in [5.41, 5.74) is 0.664. The van der Waals surface area contributed by atoms with E-state index in [0.717, 1.165) is 0 Å². The molecule has 1 aliphatic rings. The Morgan fingerprint density at radius 3 is 2.55 bits per heavy atom. The summed E-state index contributed by atoms with van der Waals surface area (Å²) in [7, 11) is 0. The van der Waals surface area contributed by atoms with Gasteiger partial charge in [-0.3, -0.25) is 9.59 Å². The number of amides is 1. The second-order valence-electron chi connectivity index (χ2n) is 6.37. The largest absolute Gasteiger partial charge is 0.507 e. The van der Waals surface area contributed by atoms with Crippen LogP contribution < -0.4 is 4.74 Å². The van der Waals surface area contributed by atoms with Gasteiger partial charge in [-0.15, -0.1) is 6.58 Å². The Morgan fingerprint density at radius 2 is 1.97 bits per heavy atom. The van der Waals surface area contributed by atoms with E-state index in [1.165, 1.54) is 41.3 Å². The molecular formula is C22H19ClFNO4. The Bertz CT molecular complexity index is 1000. The van der Waals surface area contributed by atoms with Gasteiger partial charge in [-0.25, -0.2) is 4.39 Å². The molecule has 1 unspecified atom stereocenters. The molecule has 1 heterocycles. The standard InChI is InChI=1S/C22H19ClFNO4/c1-3-11-25-19(13-5-8-15(24)9-6-13)18(21(27)22(25)28)20(26)14-7-10-17(29-4-2)16(23)12-14/h3,5-10,12,19,26H,1,4,11H2,2H3/b20-18-. The van der Waals surface area contributed by atoms with E-state index in [-0.39, 0.29) is 28.5 Å². The first kappa shape index (κ1) is 20.6. The van der Waals surface area contributed by atoms with Crippen molar-refractivity contribution in [2.75, 3.05) is 13.2 Å². The van der Waals surface area contributed by atoms with Crippen LogP contribution in [0, 0.1) is 5.82 Å². The first-order valence-electron chi connectivity index (χ1n) is 8.96. The lowest BCUT2D eigenvalue weighted by Gasteiger charge is -2.24. The molecule has 0 aliphatic carbocycles. The van der Waals surface area contributed by atoms with Crippen LogP contribution >= 0.6 is 11.6 Å². The van der Waals surface area contributed by atoms with E-state index in [4.69, 9.17) is 16.3 Å². The van der Waals surface area contributed by atoms with Gasteiger partial charge in [0, 0.05) is 12.1 Å². The lowest BCUT2D eigenvalue weighted by atomic mass is 9.95. The quantitative estimate of drug-likeness (QED) is 0.327. The highest BCUT2D eigenvalue weighted by Gasteiger charge is 2.45. The molecule has 5 nitrogen and oxygen atoms in total. The minimum absolute atomic E-state index is 0.0907. The Labute approximate surface area is 172 Å². The second kappa shape index (κ2) is 8.49. The van der Waals surface area contributed by atoms with Gasteiger partial charge in [0.1, 0.15) is 17.3 Å². The van der Waals surface area contributed by atoms with Crippen LogP contribution in [0.15, 0.2) is 60.7 Å². The summed E-state index contributed by atoms with van der Waals surface area (Å²) in [4.78, 5) is 26.6. The third-order valence-electron chi connectivity index (χ3n) is 4.56. The topological polar surface area (TPSA) is 66.8 Å². The first-order chi connectivity index (χ1) is 13.9. The van der Waals surface area contributed by atoms with E-state index in [0.29, 0.717) is 17.9 Å². The zero-order valence-corrected chi connectivity index (χ0v) is 16.4. The van der Waals surface area contributed by atoms with Gasteiger partial charge in [0.25, 0.3) is 11.7 Å². The highest BCUT2D eigenvalue weighted by atomic mass is 35.5. The van der Waals surface area contributed by atoms with E-state index >= 15 is 0 Å². The van der Waals surface area contributed by atoms with Gasteiger partial charge in [0.15, 0.2) is 0 Å². The molecule has 2 aromatic rings. The van der Waals surface area contributed by atoms with Crippen molar-refractivity contribution in [2.45, 2.75) is 13.0 Å². The Balaban J connectivity index is 2.15. The summed E-state index contributed by atoms with van der Waals surface area (Å²) in [6, 6.07) is 9.13. The fourth-order valence-corrected chi connectivity index (χ4v) is 3.51. The molecule has 1 fully saturated rings. The zero-order valence-electron chi connectivity index (χ0n) is 15.7. The van der Waals surface area contributed by atoms with Crippen LogP contribution in [0.25, 0.3) is 5.76 Å². The third-order valence-corrected chi connectivity index (χ3v) is 4.85. The minimum atomic E-state index is -0.876. The van der Waals surface area contributed by atoms with Crippen LogP contribution in [0.5, 0.6) is 5.75 Å². The van der Waals surface area contributed by atoms with E-state index < -0.39 is 23.5 Å². The third kappa shape index (κ3) is 3.89. The van der Waals surface area contributed by atoms with E-state index in [1.807, 2.05) is 6.92 Å². The Kier molecular flexibility index (Phi) is 6.03. The fraction of sp³-hybridized carbons (Fsp3) is 0.182. The number of nitrogens with zero attached hydrogens (tertiary/aromatic N) is 1. The molecule has 7 heteroatoms. The minimum Gasteiger partial charge on any atom is -0.507 e. The molecule has 1 saturated heterocycles. The molecular weight excluding hydrogens is 397 g/mol. The van der Waals surface area contributed by atoms with Crippen LogP contribution in [-0.2, 0) is 9.59 Å². The maximum atomic E-state index is 13.4. The molecule has 1 amide bonds. The number of benzene rings is 2. The van der Waals surface area contributed by atoms with Gasteiger partial charge in [-0.1, -0.05) is 29.8 Å². The fourth-order valence-electron chi connectivity index (χ4n) is 3.28. The van der Waals surface area contributed by atoms with Crippen molar-refractivity contribution < 1.29 is 23.8 Å². The average Bonchev–Trinajstić information content (AvgIpc) is 2.95. The smallest absolute Gasteiger partial charge is 0.295 e. The molecule has 1 atom stereocenters. The Hall–Kier alpha value is -3.12. The number of ether oxygens (including phenoxy) is 1. The van der Waals surface area contributed by atoms with Crippen molar-refractivity contribution in [3.05, 3.63) is 82.7 Å². The number of ketones is 1. The zero-order chi connectivity index (χ0) is 21.1. The second-order valence-corrected chi connectivity index (χ2v) is 6.78. The van der Waals surface area contributed by atoms with Crippen molar-refractivity contribution in [2.24, 2.45) is 0 Å². The maximum Gasteiger partial charge on any atom is 0.295 e. The molecule has 1 aliphatic heterocycles. The highest BCUT2D eigenvalue weighted by Crippen LogP contribution is 2.40. The number of hydrogen-bond acceptors (Lipinski definition) is 4. The van der Waals surface area contributed by atoms with E-state index in [1.54, 1.807) is 12.1 Å². The molecule has 0 saturated carbocycles. The highest BCUT2D eigenvalue weighted by molar-refractivity contribution is 6.46. The van der Waals surface area contributed by atoms with Crippen molar-refractivity contribution >= 4 is 29.1 Å². The molecule has 0 bridgehead atoms. The van der Waals surface area contributed by atoms with Gasteiger partial charge in [0.2, 0.25) is 0 Å². The molecule has 2 aromatic carbocycles. The van der Waals surface area contributed by atoms with Gasteiger partial charge in [-0.05, 0) is 42.8 Å². The van der Waals surface area contributed by atoms with Gasteiger partial charge in [-0.2, -0.15) is 0 Å². The van der Waals surface area contributed by atoms with Gasteiger partial charge >= 0.3 is 0 Å². The predicted molar refractivity (Wildman–Crippen MR) is 108 cm³/mol. The van der Waals surface area contributed by atoms with Crippen molar-refractivity contribution in [3.8, 4) is 5.75 Å². The Morgan fingerprint density at radius 1 is 1.28 bits per heavy atom. The molecule has 29 heavy (non-hydrogen) atoms. The van der Waals surface area contributed by atoms with Gasteiger partial charge in [0.05, 0.1) is 23.2 Å². The molecule has 1 N–H and O–H groups in total. The summed E-state index contributed by atoms with van der Waals surface area (Å²) in [5, 5.41) is 11.2. The first-order valence-corrected chi connectivity index (χ1v) is 9.34. The summed E-state index contributed by atoms with van der Waals surface area (Å²) >= 11 is 6.20.